The van der Waals surface area contributed by atoms with E-state index in [1.54, 1.807) is 30.1 Å². The monoisotopic (exact) mass is 437 g/mol. The SMILES string of the molecule is Cn1c(=O)cnc2cc(N3CCOCC3)cc(OC3CCC(Oc4ncccn4)CC3)c21. The average Bonchev–Trinajstić information content (AvgIpc) is 2.84. The highest BCUT2D eigenvalue weighted by atomic mass is 16.5. The van der Waals surface area contributed by atoms with Crippen molar-refractivity contribution in [1.29, 1.82) is 0 Å². The maximum absolute atomic E-state index is 12.3. The van der Waals surface area contributed by atoms with Crippen molar-refractivity contribution in [3.63, 3.8) is 0 Å². The lowest BCUT2D eigenvalue weighted by molar-refractivity contribution is 0.0756. The van der Waals surface area contributed by atoms with Gasteiger partial charge in [-0.2, -0.15) is 0 Å². The molecule has 1 saturated heterocycles. The van der Waals surface area contributed by atoms with Crippen LogP contribution in [0.25, 0.3) is 11.0 Å². The summed E-state index contributed by atoms with van der Waals surface area (Å²) < 4.78 is 19.5. The van der Waals surface area contributed by atoms with Crippen molar-refractivity contribution in [1.82, 2.24) is 19.5 Å². The molecule has 5 rings (SSSR count). The molecule has 1 aliphatic heterocycles. The summed E-state index contributed by atoms with van der Waals surface area (Å²) in [6.45, 7) is 3.04. The highest BCUT2D eigenvalue weighted by Crippen LogP contribution is 2.33. The molecule has 2 aliphatic rings. The standard InChI is InChI=1S/C23H27N5O4/c1-27-21(29)15-26-19-13-16(28-9-11-30-12-10-28)14-20(22(19)27)31-17-3-5-18(6-4-17)32-23-24-7-2-8-25-23/h2,7-8,13-15,17-18H,3-6,9-12H2,1H3. The van der Waals surface area contributed by atoms with Gasteiger partial charge in [0.1, 0.15) is 17.4 Å². The van der Waals surface area contributed by atoms with Gasteiger partial charge in [-0.05, 0) is 37.8 Å². The molecular weight excluding hydrogens is 410 g/mol. The van der Waals surface area contributed by atoms with Gasteiger partial charge >= 0.3 is 6.01 Å². The molecule has 0 amide bonds. The quantitative estimate of drug-likeness (QED) is 0.601. The predicted molar refractivity (Wildman–Crippen MR) is 119 cm³/mol. The molecule has 0 radical (unpaired) electrons. The second-order valence-electron chi connectivity index (χ2n) is 8.23. The van der Waals surface area contributed by atoms with Crippen molar-refractivity contribution in [2.24, 2.45) is 7.05 Å². The number of anilines is 1. The number of benzene rings is 1. The fraction of sp³-hybridized carbons (Fsp3) is 0.478. The van der Waals surface area contributed by atoms with Crippen LogP contribution in [0.3, 0.4) is 0 Å². The lowest BCUT2D eigenvalue weighted by Crippen LogP contribution is -2.36. The zero-order chi connectivity index (χ0) is 21.9. The Bertz CT molecular complexity index is 1120. The van der Waals surface area contributed by atoms with Gasteiger partial charge in [-0.15, -0.1) is 0 Å². The van der Waals surface area contributed by atoms with Crippen molar-refractivity contribution in [3.05, 3.63) is 47.1 Å². The minimum absolute atomic E-state index is 0.0463. The number of morpholine rings is 1. The van der Waals surface area contributed by atoms with Gasteiger partial charge in [0.2, 0.25) is 0 Å². The van der Waals surface area contributed by atoms with Crippen LogP contribution in [0.5, 0.6) is 11.8 Å². The predicted octanol–water partition coefficient (Wildman–Crippen LogP) is 2.33. The van der Waals surface area contributed by atoms with Crippen molar-refractivity contribution < 1.29 is 14.2 Å². The van der Waals surface area contributed by atoms with Crippen LogP contribution >= 0.6 is 0 Å². The molecule has 0 N–H and O–H groups in total. The summed E-state index contributed by atoms with van der Waals surface area (Å²) in [4.78, 5) is 27.2. The van der Waals surface area contributed by atoms with Crippen LogP contribution in [-0.4, -0.2) is 58.0 Å². The summed E-state index contributed by atoms with van der Waals surface area (Å²) in [5, 5.41) is 0. The molecule has 2 fully saturated rings. The van der Waals surface area contributed by atoms with Crippen LogP contribution in [0, 0.1) is 0 Å². The molecule has 32 heavy (non-hydrogen) atoms. The Hall–Kier alpha value is -3.20. The van der Waals surface area contributed by atoms with Crippen LogP contribution in [0.15, 0.2) is 41.6 Å². The number of aromatic nitrogens is 4. The van der Waals surface area contributed by atoms with E-state index in [4.69, 9.17) is 14.2 Å². The Morgan fingerprint density at radius 1 is 0.969 bits per heavy atom. The Morgan fingerprint density at radius 2 is 1.66 bits per heavy atom. The van der Waals surface area contributed by atoms with E-state index < -0.39 is 0 Å². The summed E-state index contributed by atoms with van der Waals surface area (Å²) in [5.41, 5.74) is 2.37. The molecular formula is C23H27N5O4. The number of hydrogen-bond acceptors (Lipinski definition) is 8. The second kappa shape index (κ2) is 9.12. The third kappa shape index (κ3) is 4.38. The first-order valence-electron chi connectivity index (χ1n) is 11.1. The molecule has 2 aromatic heterocycles. The zero-order valence-electron chi connectivity index (χ0n) is 18.1. The van der Waals surface area contributed by atoms with E-state index in [2.05, 4.69) is 19.9 Å². The third-order valence-electron chi connectivity index (χ3n) is 6.12. The van der Waals surface area contributed by atoms with Crippen molar-refractivity contribution in [2.75, 3.05) is 31.2 Å². The van der Waals surface area contributed by atoms with Crippen LogP contribution in [0.1, 0.15) is 25.7 Å². The topological polar surface area (TPSA) is 91.6 Å². The third-order valence-corrected chi connectivity index (χ3v) is 6.12. The Kier molecular flexibility index (Phi) is 5.89. The lowest BCUT2D eigenvalue weighted by Gasteiger charge is -2.31. The molecule has 1 aliphatic carbocycles. The maximum atomic E-state index is 12.3. The van der Waals surface area contributed by atoms with E-state index in [9.17, 15) is 4.79 Å². The van der Waals surface area contributed by atoms with Gasteiger partial charge in [0.15, 0.2) is 0 Å². The number of ether oxygens (including phenoxy) is 3. The molecule has 3 heterocycles. The lowest BCUT2D eigenvalue weighted by atomic mass is 9.95. The van der Waals surface area contributed by atoms with Crippen LogP contribution in [0.2, 0.25) is 0 Å². The molecule has 9 heteroatoms. The molecule has 3 aromatic rings. The van der Waals surface area contributed by atoms with Gasteiger partial charge < -0.3 is 23.7 Å². The highest BCUT2D eigenvalue weighted by molar-refractivity contribution is 5.85. The number of nitrogens with zero attached hydrogens (tertiary/aromatic N) is 5. The van der Waals surface area contributed by atoms with E-state index in [-0.39, 0.29) is 17.8 Å². The van der Waals surface area contributed by atoms with Crippen LogP contribution in [0.4, 0.5) is 5.69 Å². The summed E-state index contributed by atoms with van der Waals surface area (Å²) in [7, 11) is 1.76. The summed E-state index contributed by atoms with van der Waals surface area (Å²) >= 11 is 0. The van der Waals surface area contributed by atoms with Gasteiger partial charge in [-0.25, -0.2) is 15.0 Å². The number of hydrogen-bond donors (Lipinski definition) is 0. The largest absolute Gasteiger partial charge is 0.488 e. The first-order valence-corrected chi connectivity index (χ1v) is 11.1. The Balaban J connectivity index is 1.36. The molecule has 0 bridgehead atoms. The van der Waals surface area contributed by atoms with E-state index >= 15 is 0 Å². The minimum atomic E-state index is -0.151. The first kappa shape index (κ1) is 20.7. The van der Waals surface area contributed by atoms with Crippen molar-refractivity contribution >= 4 is 16.7 Å². The molecule has 0 spiro atoms. The number of rotatable bonds is 5. The van der Waals surface area contributed by atoms with E-state index in [1.807, 2.05) is 12.1 Å². The molecule has 1 aromatic carbocycles. The van der Waals surface area contributed by atoms with Gasteiger partial charge in [0, 0.05) is 44.3 Å². The Morgan fingerprint density at radius 3 is 2.38 bits per heavy atom. The number of aryl methyl sites for hydroxylation is 1. The fourth-order valence-electron chi connectivity index (χ4n) is 4.37. The average molecular weight is 438 g/mol. The van der Waals surface area contributed by atoms with Crippen molar-refractivity contribution in [2.45, 2.75) is 37.9 Å². The van der Waals surface area contributed by atoms with Crippen molar-refractivity contribution in [3.8, 4) is 11.8 Å². The summed E-state index contributed by atoms with van der Waals surface area (Å²) in [6.07, 6.45) is 8.30. The molecule has 9 nitrogen and oxygen atoms in total. The highest BCUT2D eigenvalue weighted by Gasteiger charge is 2.26. The van der Waals surface area contributed by atoms with Crippen LogP contribution in [-0.2, 0) is 11.8 Å². The second-order valence-corrected chi connectivity index (χ2v) is 8.23. The van der Waals surface area contributed by atoms with E-state index in [0.717, 1.165) is 55.5 Å². The molecule has 0 unspecified atom stereocenters. The van der Waals surface area contributed by atoms with Gasteiger partial charge in [-0.3, -0.25) is 4.79 Å². The van der Waals surface area contributed by atoms with E-state index in [0.29, 0.717) is 25.0 Å². The minimum Gasteiger partial charge on any atom is -0.488 e. The zero-order valence-corrected chi connectivity index (χ0v) is 18.1. The van der Waals surface area contributed by atoms with Gasteiger partial charge in [-0.1, -0.05) is 0 Å². The van der Waals surface area contributed by atoms with E-state index in [1.165, 1.54) is 6.20 Å². The summed E-state index contributed by atoms with van der Waals surface area (Å²) in [6, 6.07) is 6.25. The smallest absolute Gasteiger partial charge is 0.316 e. The first-order chi connectivity index (χ1) is 15.7. The molecule has 1 saturated carbocycles. The molecule has 168 valence electrons. The maximum Gasteiger partial charge on any atom is 0.316 e. The summed E-state index contributed by atoms with van der Waals surface area (Å²) in [5.74, 6) is 0.701. The van der Waals surface area contributed by atoms with Crippen LogP contribution < -0.4 is 19.9 Å². The fourth-order valence-corrected chi connectivity index (χ4v) is 4.37. The van der Waals surface area contributed by atoms with Gasteiger partial charge in [0.25, 0.3) is 5.56 Å². The Labute approximate surface area is 186 Å². The van der Waals surface area contributed by atoms with Gasteiger partial charge in [0.05, 0.1) is 31.0 Å². The number of fused-ring (bicyclic) bond motifs is 1. The normalized spacial score (nSPS) is 21.5. The molecule has 0 atom stereocenters.